The van der Waals surface area contributed by atoms with Gasteiger partial charge >= 0.3 is 0 Å². The van der Waals surface area contributed by atoms with Crippen LogP contribution in [0.15, 0.2) is 0 Å². The average molecular weight is 267 g/mol. The fourth-order valence-electron chi connectivity index (χ4n) is 2.52. The van der Waals surface area contributed by atoms with Gasteiger partial charge in [0.15, 0.2) is 0 Å². The highest BCUT2D eigenvalue weighted by atomic mass is 32.2. The van der Waals surface area contributed by atoms with Crippen molar-refractivity contribution in [2.24, 2.45) is 12.8 Å². The number of hydrogen-bond donors (Lipinski definition) is 2. The summed E-state index contributed by atoms with van der Waals surface area (Å²) in [5.74, 6) is 2.20. The number of amidine groups is 1. The van der Waals surface area contributed by atoms with Gasteiger partial charge in [-0.2, -0.15) is 16.9 Å². The maximum Gasteiger partial charge on any atom is 0.138 e. The van der Waals surface area contributed by atoms with Gasteiger partial charge in [-0.15, -0.1) is 0 Å². The minimum Gasteiger partial charge on any atom is -0.384 e. The maximum atomic E-state index is 7.76. The molecule has 0 saturated carbocycles. The topological polar surface area (TPSA) is 70.9 Å². The Bertz CT molecular complexity index is 467. The lowest BCUT2D eigenvalue weighted by atomic mass is 10.1. The molecule has 2 heterocycles. The predicted molar refractivity (Wildman–Crippen MR) is 77.7 cm³/mol. The highest BCUT2D eigenvalue weighted by Crippen LogP contribution is 2.31. The van der Waals surface area contributed by atoms with Gasteiger partial charge in [-0.05, 0) is 13.8 Å². The summed E-state index contributed by atoms with van der Waals surface area (Å²) in [6, 6.07) is 0.427. The molecule has 100 valence electrons. The molecule has 0 spiro atoms. The van der Waals surface area contributed by atoms with E-state index in [1.54, 1.807) is 0 Å². The molecule has 0 radical (unpaired) electrons. The first-order valence-electron chi connectivity index (χ1n) is 6.19. The molecule has 3 N–H and O–H groups in total. The fourth-order valence-corrected chi connectivity index (χ4v) is 3.62. The third-order valence-electron chi connectivity index (χ3n) is 3.62. The Balaban J connectivity index is 2.46. The van der Waals surface area contributed by atoms with Crippen molar-refractivity contribution < 1.29 is 0 Å². The largest absolute Gasteiger partial charge is 0.384 e. The van der Waals surface area contributed by atoms with Gasteiger partial charge in [0.05, 0.1) is 11.3 Å². The number of nitrogens with one attached hydrogen (secondary N) is 1. The molecule has 6 heteroatoms. The van der Waals surface area contributed by atoms with Gasteiger partial charge in [0.1, 0.15) is 11.7 Å². The number of rotatable bonds is 2. The third kappa shape index (κ3) is 2.09. The molecule has 18 heavy (non-hydrogen) atoms. The lowest BCUT2D eigenvalue weighted by Gasteiger charge is -2.39. The molecule has 1 aliphatic rings. The molecule has 1 aromatic rings. The molecule has 5 nitrogen and oxygen atoms in total. The predicted octanol–water partition coefficient (Wildman–Crippen LogP) is 1.34. The van der Waals surface area contributed by atoms with Crippen molar-refractivity contribution in [3.05, 3.63) is 11.3 Å². The summed E-state index contributed by atoms with van der Waals surface area (Å²) in [5, 5.41) is 12.7. The number of anilines is 1. The summed E-state index contributed by atoms with van der Waals surface area (Å²) >= 11 is 2.00. The summed E-state index contributed by atoms with van der Waals surface area (Å²) in [4.78, 5) is 2.33. The van der Waals surface area contributed by atoms with Gasteiger partial charge in [-0.3, -0.25) is 10.1 Å². The fraction of sp³-hybridized carbons (Fsp3) is 0.667. The summed E-state index contributed by atoms with van der Waals surface area (Å²) in [7, 11) is 1.92. The molecule has 2 unspecified atom stereocenters. The zero-order valence-electron chi connectivity index (χ0n) is 11.4. The van der Waals surface area contributed by atoms with E-state index in [1.165, 1.54) is 0 Å². The second-order valence-electron chi connectivity index (χ2n) is 4.83. The zero-order valence-corrected chi connectivity index (χ0v) is 12.2. The van der Waals surface area contributed by atoms with Crippen LogP contribution < -0.4 is 10.6 Å². The van der Waals surface area contributed by atoms with Gasteiger partial charge in [0.25, 0.3) is 0 Å². The molecule has 1 aromatic heterocycles. The number of nitrogens with two attached hydrogens (primary N) is 1. The molecule has 0 aromatic carbocycles. The molecule has 2 rings (SSSR count). The van der Waals surface area contributed by atoms with E-state index < -0.39 is 0 Å². The molecule has 1 fully saturated rings. The number of aromatic nitrogens is 2. The van der Waals surface area contributed by atoms with E-state index in [4.69, 9.17) is 11.1 Å². The Morgan fingerprint density at radius 2 is 2.17 bits per heavy atom. The quantitative estimate of drug-likeness (QED) is 0.626. The minimum atomic E-state index is 0.105. The molecule has 2 atom stereocenters. The second-order valence-corrected chi connectivity index (χ2v) is 6.32. The van der Waals surface area contributed by atoms with Crippen LogP contribution >= 0.6 is 11.8 Å². The van der Waals surface area contributed by atoms with E-state index in [2.05, 4.69) is 23.8 Å². The molecule has 0 amide bonds. The average Bonchev–Trinajstić information content (AvgIpc) is 2.57. The van der Waals surface area contributed by atoms with Crippen LogP contribution in [-0.2, 0) is 7.05 Å². The number of nitrogens with zero attached hydrogens (tertiary/aromatic N) is 3. The van der Waals surface area contributed by atoms with E-state index in [-0.39, 0.29) is 5.84 Å². The first-order chi connectivity index (χ1) is 8.43. The normalized spacial score (nSPS) is 24.3. The van der Waals surface area contributed by atoms with E-state index in [1.807, 2.05) is 30.4 Å². The van der Waals surface area contributed by atoms with Crippen molar-refractivity contribution in [2.75, 3.05) is 17.2 Å². The van der Waals surface area contributed by atoms with E-state index in [9.17, 15) is 0 Å². The molecule has 0 bridgehead atoms. The SMILES string of the molecule is Cc1nn(C)c(N2CCSC(C)C2C)c1C(=N)N. The van der Waals surface area contributed by atoms with Gasteiger partial charge in [-0.25, -0.2) is 0 Å². The third-order valence-corrected chi connectivity index (χ3v) is 4.96. The van der Waals surface area contributed by atoms with Crippen LogP contribution in [0.5, 0.6) is 0 Å². The number of aryl methyl sites for hydroxylation is 2. The van der Waals surface area contributed by atoms with Crippen LogP contribution in [0.25, 0.3) is 0 Å². The molecule has 1 saturated heterocycles. The monoisotopic (exact) mass is 267 g/mol. The first-order valence-corrected chi connectivity index (χ1v) is 7.24. The smallest absolute Gasteiger partial charge is 0.138 e. The number of thioether (sulfide) groups is 1. The maximum absolute atomic E-state index is 7.76. The minimum absolute atomic E-state index is 0.105. The summed E-state index contributed by atoms with van der Waals surface area (Å²) in [6.45, 7) is 7.36. The van der Waals surface area contributed by atoms with E-state index in [0.29, 0.717) is 11.3 Å². The van der Waals surface area contributed by atoms with E-state index >= 15 is 0 Å². The molecule has 1 aliphatic heterocycles. The van der Waals surface area contributed by atoms with Crippen molar-refractivity contribution in [3.63, 3.8) is 0 Å². The number of hydrogen-bond acceptors (Lipinski definition) is 4. The Morgan fingerprint density at radius 1 is 1.50 bits per heavy atom. The second kappa shape index (κ2) is 4.84. The van der Waals surface area contributed by atoms with Crippen molar-refractivity contribution >= 4 is 23.4 Å². The Labute approximate surface area is 112 Å². The van der Waals surface area contributed by atoms with Crippen LogP contribution in [0, 0.1) is 12.3 Å². The molecular weight excluding hydrogens is 246 g/mol. The van der Waals surface area contributed by atoms with Crippen LogP contribution in [0.3, 0.4) is 0 Å². The van der Waals surface area contributed by atoms with Crippen molar-refractivity contribution in [2.45, 2.75) is 32.1 Å². The molecule has 0 aliphatic carbocycles. The van der Waals surface area contributed by atoms with Gasteiger partial charge < -0.3 is 10.6 Å². The van der Waals surface area contributed by atoms with Gasteiger partial charge in [0.2, 0.25) is 0 Å². The van der Waals surface area contributed by atoms with Crippen LogP contribution in [0.4, 0.5) is 5.82 Å². The lowest BCUT2D eigenvalue weighted by Crippen LogP contribution is -2.46. The molecular formula is C12H21N5S. The first kappa shape index (κ1) is 13.3. The Kier molecular flexibility index (Phi) is 3.56. The number of nitrogen functional groups attached to an aromatic ring is 1. The Morgan fingerprint density at radius 3 is 2.78 bits per heavy atom. The van der Waals surface area contributed by atoms with Gasteiger partial charge in [-0.1, -0.05) is 6.92 Å². The summed E-state index contributed by atoms with van der Waals surface area (Å²) in [5.41, 5.74) is 7.33. The van der Waals surface area contributed by atoms with Crippen LogP contribution in [0.2, 0.25) is 0 Å². The summed E-state index contributed by atoms with van der Waals surface area (Å²) < 4.78 is 1.85. The zero-order chi connectivity index (χ0) is 13.4. The van der Waals surface area contributed by atoms with Crippen LogP contribution in [-0.4, -0.2) is 39.2 Å². The van der Waals surface area contributed by atoms with E-state index in [0.717, 1.165) is 29.4 Å². The van der Waals surface area contributed by atoms with Gasteiger partial charge in [0, 0.05) is 30.6 Å². The highest BCUT2D eigenvalue weighted by Gasteiger charge is 2.30. The summed E-state index contributed by atoms with van der Waals surface area (Å²) in [6.07, 6.45) is 0. The lowest BCUT2D eigenvalue weighted by molar-refractivity contribution is 0.597. The highest BCUT2D eigenvalue weighted by molar-refractivity contribution is 8.00. The van der Waals surface area contributed by atoms with Crippen molar-refractivity contribution in [1.29, 1.82) is 5.41 Å². The van der Waals surface area contributed by atoms with Crippen molar-refractivity contribution in [1.82, 2.24) is 9.78 Å². The van der Waals surface area contributed by atoms with Crippen molar-refractivity contribution in [3.8, 4) is 0 Å². The Hall–Kier alpha value is -1.17. The standard InChI is InChI=1S/C12H21N5S/c1-7-10(11(13)14)12(16(4)15-7)17-5-6-18-9(3)8(17)2/h8-9H,5-6H2,1-4H3,(H3,13,14). The van der Waals surface area contributed by atoms with Crippen LogP contribution in [0.1, 0.15) is 25.1 Å².